The molecule has 1 fully saturated rings. The smallest absolute Gasteiger partial charge is 0.273 e. The van der Waals surface area contributed by atoms with Crippen molar-refractivity contribution in [3.8, 4) is 0 Å². The number of pyridine rings is 1. The van der Waals surface area contributed by atoms with E-state index in [1.807, 2.05) is 41.3 Å². The maximum absolute atomic E-state index is 13.1. The predicted octanol–water partition coefficient (Wildman–Crippen LogP) is 4.15. The summed E-state index contributed by atoms with van der Waals surface area (Å²) in [4.78, 5) is 23.8. The molecule has 5 heteroatoms. The van der Waals surface area contributed by atoms with Crippen LogP contribution in [0.25, 0.3) is 11.1 Å². The summed E-state index contributed by atoms with van der Waals surface area (Å²) in [6.45, 7) is 2.78. The molecule has 3 heterocycles. The highest BCUT2D eigenvalue weighted by atomic mass is 16.3. The quantitative estimate of drug-likeness (QED) is 0.721. The Morgan fingerprint density at radius 2 is 2.16 bits per heavy atom. The number of benzene rings is 1. The summed E-state index contributed by atoms with van der Waals surface area (Å²) in [5.41, 5.74) is 3.22. The molecule has 0 spiro atoms. The number of hydrogen-bond donors (Lipinski definition) is 0. The van der Waals surface area contributed by atoms with Crippen molar-refractivity contribution in [3.63, 3.8) is 0 Å². The number of rotatable bonds is 3. The van der Waals surface area contributed by atoms with Gasteiger partial charge in [-0.25, -0.2) is 4.98 Å². The molecule has 128 valence electrons. The summed E-state index contributed by atoms with van der Waals surface area (Å²) >= 11 is 0. The van der Waals surface area contributed by atoms with Crippen molar-refractivity contribution >= 4 is 17.0 Å². The van der Waals surface area contributed by atoms with Crippen LogP contribution in [0, 0.1) is 0 Å². The molecular weight excluding hydrogens is 314 g/mol. The number of fused-ring (bicyclic) bond motifs is 1. The van der Waals surface area contributed by atoms with Crippen molar-refractivity contribution in [3.05, 3.63) is 59.7 Å². The van der Waals surface area contributed by atoms with Crippen molar-refractivity contribution < 1.29 is 9.21 Å². The summed E-state index contributed by atoms with van der Waals surface area (Å²) in [6.07, 6.45) is 5.53. The fourth-order valence-electron chi connectivity index (χ4n) is 3.42. The van der Waals surface area contributed by atoms with E-state index in [9.17, 15) is 4.79 Å². The van der Waals surface area contributed by atoms with Crippen molar-refractivity contribution in [1.82, 2.24) is 14.9 Å². The number of para-hydroxylation sites is 2. The molecule has 25 heavy (non-hydrogen) atoms. The lowest BCUT2D eigenvalue weighted by Crippen LogP contribution is -2.39. The van der Waals surface area contributed by atoms with Gasteiger partial charge in [-0.15, -0.1) is 0 Å². The molecule has 0 aliphatic carbocycles. The molecule has 2 aromatic heterocycles. The molecule has 0 radical (unpaired) electrons. The lowest BCUT2D eigenvalue weighted by atomic mass is 10.0. The summed E-state index contributed by atoms with van der Waals surface area (Å²) in [6, 6.07) is 11.4. The van der Waals surface area contributed by atoms with Gasteiger partial charge in [0, 0.05) is 12.7 Å². The number of oxazole rings is 1. The van der Waals surface area contributed by atoms with E-state index in [1.165, 1.54) is 0 Å². The Bertz CT molecular complexity index is 870. The van der Waals surface area contributed by atoms with Crippen LogP contribution in [0.3, 0.4) is 0 Å². The second-order valence-electron chi connectivity index (χ2n) is 6.43. The number of amides is 1. The minimum Gasteiger partial charge on any atom is -0.438 e. The number of aryl methyl sites for hydroxylation is 1. The Morgan fingerprint density at radius 1 is 1.28 bits per heavy atom. The molecule has 5 nitrogen and oxygen atoms in total. The second kappa shape index (κ2) is 6.67. The number of carbonyl (C=O) groups is 1. The van der Waals surface area contributed by atoms with E-state index < -0.39 is 0 Å². The monoisotopic (exact) mass is 335 g/mol. The zero-order chi connectivity index (χ0) is 17.2. The van der Waals surface area contributed by atoms with Gasteiger partial charge in [0.05, 0.1) is 0 Å². The second-order valence-corrected chi connectivity index (χ2v) is 6.43. The van der Waals surface area contributed by atoms with Gasteiger partial charge in [0.1, 0.15) is 17.3 Å². The van der Waals surface area contributed by atoms with Gasteiger partial charge in [0.25, 0.3) is 5.91 Å². The van der Waals surface area contributed by atoms with Crippen LogP contribution in [0.4, 0.5) is 0 Å². The Morgan fingerprint density at radius 3 is 3.00 bits per heavy atom. The molecular formula is C20H21N3O2. The van der Waals surface area contributed by atoms with E-state index in [2.05, 4.69) is 16.9 Å². The normalized spacial score (nSPS) is 17.8. The highest BCUT2D eigenvalue weighted by molar-refractivity contribution is 5.92. The first kappa shape index (κ1) is 15.8. The summed E-state index contributed by atoms with van der Waals surface area (Å²) < 4.78 is 5.94. The number of likely N-dealkylation sites (tertiary alicyclic amines) is 1. The summed E-state index contributed by atoms with van der Waals surface area (Å²) in [5.74, 6) is 0.586. The maximum atomic E-state index is 13.1. The Labute approximate surface area is 146 Å². The van der Waals surface area contributed by atoms with Crippen LogP contribution in [-0.4, -0.2) is 27.3 Å². The third-order valence-electron chi connectivity index (χ3n) is 4.81. The molecule has 0 saturated carbocycles. The van der Waals surface area contributed by atoms with E-state index in [0.717, 1.165) is 42.3 Å². The van der Waals surface area contributed by atoms with Crippen LogP contribution in [-0.2, 0) is 6.42 Å². The lowest BCUT2D eigenvalue weighted by molar-refractivity contribution is 0.0568. The van der Waals surface area contributed by atoms with Gasteiger partial charge in [-0.05, 0) is 55.5 Å². The first-order valence-corrected chi connectivity index (χ1v) is 8.87. The fourth-order valence-corrected chi connectivity index (χ4v) is 3.42. The topological polar surface area (TPSA) is 59.2 Å². The molecule has 1 aromatic carbocycles. The van der Waals surface area contributed by atoms with Crippen LogP contribution in [0.15, 0.2) is 47.0 Å². The molecule has 3 aromatic rings. The number of carbonyl (C=O) groups excluding carboxylic acids is 1. The van der Waals surface area contributed by atoms with Crippen LogP contribution in [0.2, 0.25) is 0 Å². The average molecular weight is 335 g/mol. The molecule has 1 aliphatic heterocycles. The van der Waals surface area contributed by atoms with Gasteiger partial charge in [-0.2, -0.15) is 0 Å². The number of piperidine rings is 1. The molecule has 0 bridgehead atoms. The minimum atomic E-state index is -0.124. The van der Waals surface area contributed by atoms with Crippen molar-refractivity contribution in [2.75, 3.05) is 6.54 Å². The van der Waals surface area contributed by atoms with E-state index in [1.54, 1.807) is 6.20 Å². The molecule has 1 atom stereocenters. The molecule has 0 N–H and O–H groups in total. The molecule has 1 saturated heterocycles. The van der Waals surface area contributed by atoms with Gasteiger partial charge in [0.2, 0.25) is 5.89 Å². The van der Waals surface area contributed by atoms with Gasteiger partial charge >= 0.3 is 0 Å². The Balaban J connectivity index is 1.67. The SMILES string of the molecule is CCc1ccnc(C(=O)N2CCCCC2c2nc3ccccc3o2)c1. The highest BCUT2D eigenvalue weighted by Crippen LogP contribution is 2.33. The first-order chi connectivity index (χ1) is 12.3. The zero-order valence-electron chi connectivity index (χ0n) is 14.3. The van der Waals surface area contributed by atoms with Crippen LogP contribution >= 0.6 is 0 Å². The first-order valence-electron chi connectivity index (χ1n) is 8.87. The fraction of sp³-hybridized carbons (Fsp3) is 0.350. The standard InChI is InChI=1S/C20H21N3O2/c1-2-14-10-11-21-16(13-14)20(24)23-12-6-5-8-17(23)19-22-15-7-3-4-9-18(15)25-19/h3-4,7,9-11,13,17H,2,5-6,8,12H2,1H3. The maximum Gasteiger partial charge on any atom is 0.273 e. The summed E-state index contributed by atoms with van der Waals surface area (Å²) in [5, 5.41) is 0. The lowest BCUT2D eigenvalue weighted by Gasteiger charge is -2.33. The predicted molar refractivity (Wildman–Crippen MR) is 95.3 cm³/mol. The van der Waals surface area contributed by atoms with Gasteiger partial charge in [-0.1, -0.05) is 19.1 Å². The van der Waals surface area contributed by atoms with Crippen LogP contribution < -0.4 is 0 Å². The molecule has 1 amide bonds. The number of nitrogens with zero attached hydrogens (tertiary/aromatic N) is 3. The van der Waals surface area contributed by atoms with E-state index in [0.29, 0.717) is 18.1 Å². The van der Waals surface area contributed by atoms with Crippen LogP contribution in [0.1, 0.15) is 54.2 Å². The molecule has 4 rings (SSSR count). The Kier molecular flexibility index (Phi) is 4.22. The van der Waals surface area contributed by atoms with Crippen molar-refractivity contribution in [1.29, 1.82) is 0 Å². The largest absolute Gasteiger partial charge is 0.438 e. The van der Waals surface area contributed by atoms with E-state index in [4.69, 9.17) is 4.42 Å². The third-order valence-corrected chi connectivity index (χ3v) is 4.81. The van der Waals surface area contributed by atoms with Crippen molar-refractivity contribution in [2.24, 2.45) is 0 Å². The summed E-state index contributed by atoms with van der Waals surface area (Å²) in [7, 11) is 0. The Hall–Kier alpha value is -2.69. The molecule has 1 aliphatic rings. The number of hydrogen-bond acceptors (Lipinski definition) is 4. The van der Waals surface area contributed by atoms with Gasteiger partial charge < -0.3 is 9.32 Å². The molecule has 1 unspecified atom stereocenters. The average Bonchev–Trinajstić information content (AvgIpc) is 3.11. The van der Waals surface area contributed by atoms with Gasteiger partial charge in [-0.3, -0.25) is 9.78 Å². The van der Waals surface area contributed by atoms with Gasteiger partial charge in [0.15, 0.2) is 5.58 Å². The third kappa shape index (κ3) is 3.02. The van der Waals surface area contributed by atoms with Crippen LogP contribution in [0.5, 0.6) is 0 Å². The van der Waals surface area contributed by atoms with Crippen molar-refractivity contribution in [2.45, 2.75) is 38.6 Å². The van der Waals surface area contributed by atoms with E-state index in [-0.39, 0.29) is 11.9 Å². The van der Waals surface area contributed by atoms with E-state index >= 15 is 0 Å². The zero-order valence-corrected chi connectivity index (χ0v) is 14.3. The minimum absolute atomic E-state index is 0.0396. The highest BCUT2D eigenvalue weighted by Gasteiger charge is 2.32. The number of aromatic nitrogens is 2.